The van der Waals surface area contributed by atoms with Crippen molar-refractivity contribution in [3.8, 4) is 0 Å². The molecular weight excluding hydrogens is 352 g/mol. The molecule has 1 N–H and O–H groups in total. The monoisotopic (exact) mass is 378 g/mol. The molecule has 0 fully saturated rings. The van der Waals surface area contributed by atoms with Gasteiger partial charge in [0.25, 0.3) is 0 Å². The molecule has 0 aliphatic rings. The molecule has 1 aromatic heterocycles. The van der Waals surface area contributed by atoms with E-state index in [1.807, 2.05) is 35.0 Å². The van der Waals surface area contributed by atoms with E-state index >= 15 is 0 Å². The van der Waals surface area contributed by atoms with Crippen molar-refractivity contribution in [3.63, 3.8) is 0 Å². The third-order valence-corrected chi connectivity index (χ3v) is 4.72. The predicted molar refractivity (Wildman–Crippen MR) is 115 cm³/mol. The minimum absolute atomic E-state index is 0.558. The van der Waals surface area contributed by atoms with Gasteiger partial charge in [0.15, 0.2) is 0 Å². The lowest BCUT2D eigenvalue weighted by Gasteiger charge is -2.17. The van der Waals surface area contributed by atoms with Crippen LogP contribution in [0.25, 0.3) is 12.2 Å². The quantitative estimate of drug-likeness (QED) is 0.565. The van der Waals surface area contributed by atoms with Crippen LogP contribution in [0.2, 0.25) is 0 Å². The Morgan fingerprint density at radius 2 is 1.78 bits per heavy atom. The van der Waals surface area contributed by atoms with Crippen molar-refractivity contribution in [2.45, 2.75) is 33.0 Å². The van der Waals surface area contributed by atoms with Crippen molar-refractivity contribution in [1.82, 2.24) is 19.7 Å². The molecule has 0 saturated heterocycles. The molecule has 0 saturated carbocycles. The first-order valence-electron chi connectivity index (χ1n) is 9.18. The van der Waals surface area contributed by atoms with E-state index in [4.69, 9.17) is 12.2 Å². The van der Waals surface area contributed by atoms with Crippen molar-refractivity contribution in [2.75, 3.05) is 7.05 Å². The molecule has 5 heteroatoms. The molecule has 27 heavy (non-hydrogen) atoms. The van der Waals surface area contributed by atoms with Gasteiger partial charge in [0, 0.05) is 6.54 Å². The number of hydrogen-bond donors (Lipinski definition) is 1. The van der Waals surface area contributed by atoms with Gasteiger partial charge in [-0.15, -0.1) is 0 Å². The molecule has 0 amide bonds. The summed E-state index contributed by atoms with van der Waals surface area (Å²) in [6.45, 7) is 5.95. The lowest BCUT2D eigenvalue weighted by Crippen LogP contribution is -2.22. The van der Waals surface area contributed by atoms with Gasteiger partial charge in [0.2, 0.25) is 4.77 Å². The maximum Gasteiger partial charge on any atom is 0.217 e. The van der Waals surface area contributed by atoms with Gasteiger partial charge < -0.3 is 0 Å². The van der Waals surface area contributed by atoms with Crippen molar-refractivity contribution in [3.05, 3.63) is 81.9 Å². The summed E-state index contributed by atoms with van der Waals surface area (Å²) >= 11 is 5.39. The predicted octanol–water partition coefficient (Wildman–Crippen LogP) is 5.32. The van der Waals surface area contributed by atoms with E-state index in [2.05, 4.69) is 72.3 Å². The normalized spacial score (nSPS) is 11.7. The lowest BCUT2D eigenvalue weighted by atomic mass is 10.0. The number of nitrogens with one attached hydrogen (secondary N) is 1. The van der Waals surface area contributed by atoms with Crippen LogP contribution >= 0.6 is 12.2 Å². The van der Waals surface area contributed by atoms with Gasteiger partial charge >= 0.3 is 0 Å². The number of hydrogen-bond acceptors (Lipinski definition) is 3. The Bertz CT molecular complexity index is 936. The largest absolute Gasteiger partial charge is 0.283 e. The van der Waals surface area contributed by atoms with Crippen LogP contribution in [-0.2, 0) is 13.2 Å². The van der Waals surface area contributed by atoms with Gasteiger partial charge in [0.1, 0.15) is 5.82 Å². The lowest BCUT2D eigenvalue weighted by molar-refractivity contribution is 0.244. The second kappa shape index (κ2) is 8.93. The van der Waals surface area contributed by atoms with Crippen LogP contribution in [0, 0.1) is 4.77 Å². The maximum atomic E-state index is 5.39. The SMILES string of the molecule is CC(C)c1ccc(CN(C)Cn2[nH]c(/C=C/c3ccccc3)nc2=S)cc1. The van der Waals surface area contributed by atoms with Gasteiger partial charge in [-0.25, -0.2) is 4.68 Å². The zero-order valence-electron chi connectivity index (χ0n) is 16.1. The highest BCUT2D eigenvalue weighted by molar-refractivity contribution is 7.71. The van der Waals surface area contributed by atoms with Crippen LogP contribution in [0.5, 0.6) is 0 Å². The van der Waals surface area contributed by atoms with Crippen LogP contribution in [0.4, 0.5) is 0 Å². The summed E-state index contributed by atoms with van der Waals surface area (Å²) < 4.78 is 2.45. The summed E-state index contributed by atoms with van der Waals surface area (Å²) in [4.78, 5) is 6.64. The molecule has 0 aliphatic carbocycles. The second-order valence-corrected chi connectivity index (χ2v) is 7.48. The van der Waals surface area contributed by atoms with E-state index in [0.717, 1.165) is 17.9 Å². The van der Waals surface area contributed by atoms with Crippen LogP contribution in [0.3, 0.4) is 0 Å². The van der Waals surface area contributed by atoms with Crippen molar-refractivity contribution < 1.29 is 0 Å². The fourth-order valence-corrected chi connectivity index (χ4v) is 3.10. The first-order chi connectivity index (χ1) is 13.0. The molecule has 0 bridgehead atoms. The minimum Gasteiger partial charge on any atom is -0.283 e. The standard InChI is InChI=1S/C22H26N4S/c1-17(2)20-12-9-19(10-13-20)15-25(3)16-26-22(27)23-21(24-26)14-11-18-7-5-4-6-8-18/h4-14,17H,15-16H2,1-3H3,(H,23,24,27)/b14-11+. The first kappa shape index (κ1) is 19.3. The Balaban J connectivity index is 1.62. The summed E-state index contributed by atoms with van der Waals surface area (Å²) in [5.74, 6) is 1.32. The van der Waals surface area contributed by atoms with E-state index in [-0.39, 0.29) is 0 Å². The molecule has 0 spiro atoms. The first-order valence-corrected chi connectivity index (χ1v) is 9.59. The number of nitrogens with zero attached hydrogens (tertiary/aromatic N) is 3. The number of rotatable bonds is 7. The summed E-state index contributed by atoms with van der Waals surface area (Å²) in [5.41, 5.74) is 3.79. The Morgan fingerprint density at radius 1 is 1.07 bits per heavy atom. The zero-order chi connectivity index (χ0) is 19.2. The number of aromatic nitrogens is 3. The summed E-state index contributed by atoms with van der Waals surface area (Å²) in [6.07, 6.45) is 3.98. The minimum atomic E-state index is 0.558. The molecule has 4 nitrogen and oxygen atoms in total. The Kier molecular flexibility index (Phi) is 6.37. The highest BCUT2D eigenvalue weighted by atomic mass is 32.1. The van der Waals surface area contributed by atoms with Crippen LogP contribution in [-0.4, -0.2) is 26.7 Å². The molecule has 3 aromatic rings. The van der Waals surface area contributed by atoms with Crippen molar-refractivity contribution in [1.29, 1.82) is 0 Å². The summed E-state index contributed by atoms with van der Waals surface area (Å²) in [7, 11) is 2.08. The van der Waals surface area contributed by atoms with Gasteiger partial charge in [-0.3, -0.25) is 10.00 Å². The van der Waals surface area contributed by atoms with Crippen molar-refractivity contribution >= 4 is 24.4 Å². The Labute approximate surface area is 166 Å². The highest BCUT2D eigenvalue weighted by Crippen LogP contribution is 2.15. The van der Waals surface area contributed by atoms with Gasteiger partial charge in [-0.2, -0.15) is 4.98 Å². The van der Waals surface area contributed by atoms with Gasteiger partial charge in [0.05, 0.1) is 6.67 Å². The molecule has 0 unspecified atom stereocenters. The van der Waals surface area contributed by atoms with Crippen molar-refractivity contribution in [2.24, 2.45) is 0 Å². The third-order valence-electron chi connectivity index (χ3n) is 4.41. The maximum absolute atomic E-state index is 5.39. The number of benzene rings is 2. The van der Waals surface area contributed by atoms with Gasteiger partial charge in [-0.1, -0.05) is 74.5 Å². The summed E-state index contributed by atoms with van der Waals surface area (Å²) in [6, 6.07) is 19.0. The topological polar surface area (TPSA) is 36.9 Å². The Hall–Kier alpha value is -2.50. The highest BCUT2D eigenvalue weighted by Gasteiger charge is 2.06. The second-order valence-electron chi connectivity index (χ2n) is 7.12. The number of aromatic amines is 1. The molecular formula is C22H26N4S. The van der Waals surface area contributed by atoms with Gasteiger partial charge in [-0.05, 0) is 47.9 Å². The molecule has 0 atom stereocenters. The van der Waals surface area contributed by atoms with Crippen LogP contribution in [0.1, 0.15) is 42.3 Å². The average molecular weight is 379 g/mol. The fraction of sp³-hybridized carbons (Fsp3) is 0.273. The van der Waals surface area contributed by atoms with Crippen LogP contribution < -0.4 is 0 Å². The van der Waals surface area contributed by atoms with E-state index in [1.165, 1.54) is 11.1 Å². The Morgan fingerprint density at radius 3 is 2.44 bits per heavy atom. The van der Waals surface area contributed by atoms with E-state index in [0.29, 0.717) is 17.4 Å². The molecule has 0 aliphatic heterocycles. The molecule has 2 aromatic carbocycles. The molecule has 140 valence electrons. The van der Waals surface area contributed by atoms with Crippen LogP contribution in [0.15, 0.2) is 54.6 Å². The summed E-state index contributed by atoms with van der Waals surface area (Å²) in [5, 5.41) is 3.27. The van der Waals surface area contributed by atoms with E-state index in [9.17, 15) is 0 Å². The smallest absolute Gasteiger partial charge is 0.217 e. The molecule has 3 rings (SSSR count). The average Bonchev–Trinajstić information content (AvgIpc) is 3.00. The fourth-order valence-electron chi connectivity index (χ4n) is 2.90. The van der Waals surface area contributed by atoms with E-state index in [1.54, 1.807) is 0 Å². The third kappa shape index (κ3) is 5.49. The number of H-pyrrole nitrogens is 1. The zero-order valence-corrected chi connectivity index (χ0v) is 16.9. The molecule has 0 radical (unpaired) electrons. The van der Waals surface area contributed by atoms with E-state index < -0.39 is 0 Å². The molecule has 1 heterocycles.